The third-order valence-corrected chi connectivity index (χ3v) is 2.29. The fourth-order valence-corrected chi connectivity index (χ4v) is 1.08. The zero-order chi connectivity index (χ0) is 9.61. The van der Waals surface area contributed by atoms with Gasteiger partial charge in [-0.3, -0.25) is 4.79 Å². The van der Waals surface area contributed by atoms with Gasteiger partial charge in [0.2, 0.25) is 5.91 Å². The highest BCUT2D eigenvalue weighted by molar-refractivity contribution is 9.09. The molecule has 1 atom stereocenters. The van der Waals surface area contributed by atoms with Crippen LogP contribution in [0.4, 0.5) is 0 Å². The lowest BCUT2D eigenvalue weighted by molar-refractivity contribution is -0.123. The highest BCUT2D eigenvalue weighted by atomic mass is 79.9. The summed E-state index contributed by atoms with van der Waals surface area (Å²) in [6.45, 7) is 3.75. The second-order valence-electron chi connectivity index (χ2n) is 3.06. The van der Waals surface area contributed by atoms with E-state index in [9.17, 15) is 4.79 Å². The lowest BCUT2D eigenvalue weighted by Crippen LogP contribution is -2.48. The first-order chi connectivity index (χ1) is 5.58. The highest BCUT2D eigenvalue weighted by Crippen LogP contribution is 2.07. The van der Waals surface area contributed by atoms with Crippen LogP contribution in [-0.4, -0.2) is 28.5 Å². The molecule has 4 heteroatoms. The Labute approximate surface area is 81.7 Å². The number of nitrogens with one attached hydrogen (secondary N) is 1. The first kappa shape index (κ1) is 11.9. The van der Waals surface area contributed by atoms with Crippen LogP contribution in [0.1, 0.15) is 26.7 Å². The first-order valence-corrected chi connectivity index (χ1v) is 5.18. The summed E-state index contributed by atoms with van der Waals surface area (Å²) in [6, 6.07) is 0. The van der Waals surface area contributed by atoms with Crippen LogP contribution in [0, 0.1) is 0 Å². The molecule has 0 saturated carbocycles. The van der Waals surface area contributed by atoms with E-state index in [1.165, 1.54) is 0 Å². The zero-order valence-electron chi connectivity index (χ0n) is 7.56. The Kier molecular flexibility index (Phi) is 5.50. The van der Waals surface area contributed by atoms with Crippen LogP contribution in [-0.2, 0) is 4.79 Å². The Morgan fingerprint density at radius 1 is 1.67 bits per heavy atom. The Morgan fingerprint density at radius 3 is 2.58 bits per heavy atom. The standard InChI is InChI=1S/C8H16BrNO2/c1-3-8(2,6-11)10-7(12)4-5-9/h11H,3-6H2,1-2H3,(H,10,12). The Hall–Kier alpha value is -0.0900. The number of hydrogen-bond acceptors (Lipinski definition) is 2. The molecule has 0 saturated heterocycles. The Morgan fingerprint density at radius 2 is 2.25 bits per heavy atom. The normalized spacial score (nSPS) is 15.3. The number of carbonyl (C=O) groups is 1. The fraction of sp³-hybridized carbons (Fsp3) is 0.875. The summed E-state index contributed by atoms with van der Waals surface area (Å²) in [4.78, 5) is 11.1. The van der Waals surface area contributed by atoms with Gasteiger partial charge in [0.25, 0.3) is 0 Å². The maximum Gasteiger partial charge on any atom is 0.221 e. The largest absolute Gasteiger partial charge is 0.394 e. The van der Waals surface area contributed by atoms with Gasteiger partial charge in [0.1, 0.15) is 0 Å². The molecule has 0 aromatic heterocycles. The smallest absolute Gasteiger partial charge is 0.221 e. The third-order valence-electron chi connectivity index (χ3n) is 1.89. The van der Waals surface area contributed by atoms with Gasteiger partial charge in [-0.15, -0.1) is 0 Å². The van der Waals surface area contributed by atoms with Gasteiger partial charge < -0.3 is 10.4 Å². The van der Waals surface area contributed by atoms with Crippen molar-refractivity contribution in [1.29, 1.82) is 0 Å². The monoisotopic (exact) mass is 237 g/mol. The molecule has 0 aromatic rings. The summed E-state index contributed by atoms with van der Waals surface area (Å²) < 4.78 is 0. The molecule has 12 heavy (non-hydrogen) atoms. The number of aliphatic hydroxyl groups is 1. The van der Waals surface area contributed by atoms with E-state index in [-0.39, 0.29) is 12.5 Å². The third kappa shape index (κ3) is 4.07. The Balaban J connectivity index is 3.93. The topological polar surface area (TPSA) is 49.3 Å². The minimum Gasteiger partial charge on any atom is -0.394 e. The molecule has 72 valence electrons. The zero-order valence-corrected chi connectivity index (χ0v) is 9.15. The molecule has 0 heterocycles. The van der Waals surface area contributed by atoms with Crippen molar-refractivity contribution < 1.29 is 9.90 Å². The van der Waals surface area contributed by atoms with Gasteiger partial charge in [0.15, 0.2) is 0 Å². The van der Waals surface area contributed by atoms with Gasteiger partial charge in [0, 0.05) is 11.8 Å². The highest BCUT2D eigenvalue weighted by Gasteiger charge is 2.22. The summed E-state index contributed by atoms with van der Waals surface area (Å²) in [5.74, 6) is -0.0229. The molecule has 0 aliphatic carbocycles. The number of aliphatic hydroxyl groups excluding tert-OH is 1. The maximum absolute atomic E-state index is 11.1. The SMILES string of the molecule is CCC(C)(CO)NC(=O)CCBr. The van der Waals surface area contributed by atoms with E-state index >= 15 is 0 Å². The van der Waals surface area contributed by atoms with Crippen LogP contribution >= 0.6 is 15.9 Å². The van der Waals surface area contributed by atoms with Gasteiger partial charge in [0.05, 0.1) is 12.1 Å². The molecular weight excluding hydrogens is 222 g/mol. The second kappa shape index (κ2) is 5.54. The quantitative estimate of drug-likeness (QED) is 0.703. The van der Waals surface area contributed by atoms with Gasteiger partial charge in [-0.25, -0.2) is 0 Å². The van der Waals surface area contributed by atoms with E-state index in [2.05, 4.69) is 21.2 Å². The summed E-state index contributed by atoms with van der Waals surface area (Å²) in [5, 5.41) is 12.4. The fourth-order valence-electron chi connectivity index (χ4n) is 0.725. The van der Waals surface area contributed by atoms with E-state index in [0.717, 1.165) is 6.42 Å². The lowest BCUT2D eigenvalue weighted by atomic mass is 10.0. The molecule has 0 aliphatic rings. The van der Waals surface area contributed by atoms with Crippen LogP contribution in [0.5, 0.6) is 0 Å². The molecule has 2 N–H and O–H groups in total. The Bertz CT molecular complexity index is 146. The number of carbonyl (C=O) groups excluding carboxylic acids is 1. The van der Waals surface area contributed by atoms with Crippen molar-refractivity contribution in [2.45, 2.75) is 32.2 Å². The van der Waals surface area contributed by atoms with Crippen molar-refractivity contribution in [2.24, 2.45) is 0 Å². The summed E-state index contributed by atoms with van der Waals surface area (Å²) in [5.41, 5.74) is -0.459. The van der Waals surface area contributed by atoms with E-state index in [1.54, 1.807) is 0 Å². The van der Waals surface area contributed by atoms with Gasteiger partial charge in [-0.05, 0) is 13.3 Å². The number of halogens is 1. The minimum atomic E-state index is -0.459. The van der Waals surface area contributed by atoms with Crippen molar-refractivity contribution in [3.63, 3.8) is 0 Å². The van der Waals surface area contributed by atoms with Crippen LogP contribution in [0.25, 0.3) is 0 Å². The summed E-state index contributed by atoms with van der Waals surface area (Å²) in [7, 11) is 0. The predicted octanol–water partition coefficient (Wildman–Crippen LogP) is 1.05. The molecule has 1 amide bonds. The van der Waals surface area contributed by atoms with Crippen LogP contribution in [0.15, 0.2) is 0 Å². The van der Waals surface area contributed by atoms with Crippen LogP contribution < -0.4 is 5.32 Å². The van der Waals surface area contributed by atoms with Crippen molar-refractivity contribution >= 4 is 21.8 Å². The van der Waals surface area contributed by atoms with E-state index in [0.29, 0.717) is 11.8 Å². The van der Waals surface area contributed by atoms with Crippen molar-refractivity contribution in [1.82, 2.24) is 5.32 Å². The van der Waals surface area contributed by atoms with Crippen molar-refractivity contribution in [2.75, 3.05) is 11.9 Å². The van der Waals surface area contributed by atoms with E-state index < -0.39 is 5.54 Å². The van der Waals surface area contributed by atoms with E-state index in [1.807, 2.05) is 13.8 Å². The van der Waals surface area contributed by atoms with Crippen LogP contribution in [0.2, 0.25) is 0 Å². The van der Waals surface area contributed by atoms with Gasteiger partial charge >= 0.3 is 0 Å². The molecule has 0 spiro atoms. The number of alkyl halides is 1. The van der Waals surface area contributed by atoms with Crippen molar-refractivity contribution in [3.05, 3.63) is 0 Å². The maximum atomic E-state index is 11.1. The average molecular weight is 238 g/mol. The molecular formula is C8H16BrNO2. The molecule has 0 aromatic carbocycles. The average Bonchev–Trinajstić information content (AvgIpc) is 2.05. The molecule has 0 rings (SSSR count). The van der Waals surface area contributed by atoms with Crippen LogP contribution in [0.3, 0.4) is 0 Å². The molecule has 1 unspecified atom stereocenters. The molecule has 0 bridgehead atoms. The minimum absolute atomic E-state index is 0.0163. The lowest BCUT2D eigenvalue weighted by Gasteiger charge is -2.26. The number of rotatable bonds is 5. The summed E-state index contributed by atoms with van der Waals surface area (Å²) >= 11 is 3.18. The number of hydrogen-bond donors (Lipinski definition) is 2. The molecule has 0 aliphatic heterocycles. The van der Waals surface area contributed by atoms with Crippen molar-refractivity contribution in [3.8, 4) is 0 Å². The second-order valence-corrected chi connectivity index (χ2v) is 3.85. The molecule has 0 radical (unpaired) electrons. The number of amides is 1. The predicted molar refractivity (Wildman–Crippen MR) is 52.3 cm³/mol. The summed E-state index contributed by atoms with van der Waals surface area (Å²) in [6.07, 6.45) is 1.19. The molecule has 3 nitrogen and oxygen atoms in total. The van der Waals surface area contributed by atoms with E-state index in [4.69, 9.17) is 5.11 Å². The van der Waals surface area contributed by atoms with Gasteiger partial charge in [-0.2, -0.15) is 0 Å². The van der Waals surface area contributed by atoms with Gasteiger partial charge in [-0.1, -0.05) is 22.9 Å². The first-order valence-electron chi connectivity index (χ1n) is 4.06. The molecule has 0 fully saturated rings.